The van der Waals surface area contributed by atoms with Gasteiger partial charge in [-0.05, 0) is 96.0 Å². The van der Waals surface area contributed by atoms with E-state index in [1.165, 1.54) is 42.4 Å². The minimum atomic E-state index is -0.374. The Morgan fingerprint density at radius 1 is 0.902 bits per heavy atom. The summed E-state index contributed by atoms with van der Waals surface area (Å²) in [4.78, 5) is 6.53. The predicted octanol–water partition coefficient (Wildman–Crippen LogP) is 13.8. The van der Waals surface area contributed by atoms with Crippen molar-refractivity contribution in [2.24, 2.45) is 29.4 Å². The summed E-state index contributed by atoms with van der Waals surface area (Å²) in [7, 11) is 6.18. The zero-order valence-corrected chi connectivity index (χ0v) is 45.3. The molecule has 0 saturated carbocycles. The Kier molecular flexibility index (Phi) is 39.3. The van der Waals surface area contributed by atoms with Gasteiger partial charge in [-0.2, -0.15) is 12.8 Å². The Bertz CT molecular complexity index is 1390. The van der Waals surface area contributed by atoms with E-state index in [-0.39, 0.29) is 62.8 Å². The van der Waals surface area contributed by atoms with E-state index in [4.69, 9.17) is 11.5 Å². The third kappa shape index (κ3) is 29.4. The molecule has 0 saturated heterocycles. The van der Waals surface area contributed by atoms with Crippen molar-refractivity contribution in [3.8, 4) is 12.8 Å². The number of hydrogen-bond acceptors (Lipinski definition) is 5. The Labute approximate surface area is 406 Å². The average Bonchev–Trinajstić information content (AvgIpc) is 3.19. The number of benzene rings is 1. The van der Waals surface area contributed by atoms with Crippen molar-refractivity contribution in [3.05, 3.63) is 121 Å². The monoisotopic (exact) mass is 918 g/mol. The van der Waals surface area contributed by atoms with Gasteiger partial charge in [-0.3, -0.25) is 0 Å². The van der Waals surface area contributed by atoms with Crippen LogP contribution in [-0.4, -0.2) is 66.6 Å². The molecule has 1 aromatic carbocycles. The van der Waals surface area contributed by atoms with Crippen LogP contribution in [0.15, 0.2) is 97.8 Å². The molecule has 6 nitrogen and oxygen atoms in total. The first-order chi connectivity index (χ1) is 27.9. The second-order valence-electron chi connectivity index (χ2n) is 18.1. The fourth-order valence-electron chi connectivity index (χ4n) is 6.28. The minimum Gasteiger partial charge on any atom is -0.670 e. The maximum Gasteiger partial charge on any atom is 0.101 e. The third-order valence-corrected chi connectivity index (χ3v) is 11.2. The summed E-state index contributed by atoms with van der Waals surface area (Å²) >= 11 is 0. The van der Waals surface area contributed by atoms with Gasteiger partial charge in [0.2, 0.25) is 0 Å². The Hall–Kier alpha value is -2.56. The molecule has 6 atom stereocenters. The van der Waals surface area contributed by atoms with Crippen molar-refractivity contribution >= 4 is 0 Å². The number of nitrogens with zero attached hydrogens (tertiary/aromatic N) is 3. The molecule has 0 aliphatic rings. The van der Waals surface area contributed by atoms with Gasteiger partial charge < -0.3 is 37.9 Å². The number of nitrogens with one attached hydrogen (secondary N) is 2. The van der Waals surface area contributed by atoms with Crippen molar-refractivity contribution in [1.29, 1.82) is 0 Å². The first kappa shape index (κ1) is 65.1. The van der Waals surface area contributed by atoms with Crippen molar-refractivity contribution in [2.75, 3.05) is 27.7 Å². The van der Waals surface area contributed by atoms with E-state index in [2.05, 4.69) is 193 Å². The number of unbranched alkanes of at least 4 members (excludes halogenated alkanes) is 1. The van der Waals surface area contributed by atoms with Gasteiger partial charge in [0.15, 0.2) is 0 Å². The number of aryl methyl sites for hydroxylation is 1. The molecule has 347 valence electrons. The maximum absolute atomic E-state index is 8.84. The maximum atomic E-state index is 8.84. The normalized spacial score (nSPS) is 13.5. The Morgan fingerprint density at radius 3 is 1.84 bits per heavy atom. The fraction of sp³-hybridized carbons (Fsp3) is 0.611. The summed E-state index contributed by atoms with van der Waals surface area (Å²) in [5.74, 6) is 3.07. The summed E-state index contributed by atoms with van der Waals surface area (Å²) in [5, 5.41) is 3.56. The number of hydrogen-bond donors (Lipinski definition) is 2. The van der Waals surface area contributed by atoms with Crippen LogP contribution in [0.2, 0.25) is 0 Å². The molecule has 1 aromatic rings. The van der Waals surface area contributed by atoms with Gasteiger partial charge in [0, 0.05) is 63.7 Å². The van der Waals surface area contributed by atoms with Crippen molar-refractivity contribution in [1.82, 2.24) is 20.0 Å². The smallest absolute Gasteiger partial charge is 0.101 e. The largest absolute Gasteiger partial charge is 0.670 e. The molecule has 1 radical (unpaired) electrons. The van der Waals surface area contributed by atoms with E-state index in [9.17, 15) is 0 Å². The molecule has 0 aromatic heterocycles. The van der Waals surface area contributed by atoms with Crippen LogP contribution in [-0.2, 0) is 39.1 Å². The van der Waals surface area contributed by atoms with Gasteiger partial charge in [0.25, 0.3) is 0 Å². The summed E-state index contributed by atoms with van der Waals surface area (Å²) in [6.45, 7) is 52.7. The standard InChI is InChI=1S/C37H63N6.C10H20.C5H11.C2H2.Y/c1-15-16-21-43(32(10)35(39)22-25(2)3)33(11)42(14)36(24-34-19-17-26(4)18-20-34)27(5)23-28(6)37(29(7)38)40-30(8)31(9)41(12)13;1-5-10(4)8-6-7-9(2)3;1-4-5(2)3;1-2;/h17-20,25,28,31,35-37,39-40H,5,7-8,10-11,15-16,21-24,38H2,1-4,6,9,12-14H3;10H,2,5-8H2,1,3-4H3;4-5H,1-3H3;1-2H;/q-1;;-1;;/t28-,31?,35?,36?,37-;;;;/m0..../s1. The summed E-state index contributed by atoms with van der Waals surface area (Å²) < 4.78 is 0. The van der Waals surface area contributed by atoms with E-state index in [1.807, 2.05) is 14.1 Å². The van der Waals surface area contributed by atoms with Crippen LogP contribution in [0, 0.1) is 49.9 Å². The number of rotatable bonds is 27. The fourth-order valence-corrected chi connectivity index (χ4v) is 6.28. The zero-order chi connectivity index (χ0) is 47.3. The van der Waals surface area contributed by atoms with Crippen molar-refractivity contribution in [3.63, 3.8) is 0 Å². The first-order valence-electron chi connectivity index (χ1n) is 22.6. The van der Waals surface area contributed by atoms with Crippen LogP contribution < -0.4 is 11.1 Å². The van der Waals surface area contributed by atoms with E-state index in [0.717, 1.165) is 73.3 Å². The molecular weight excluding hydrogens is 822 g/mol. The molecule has 4 N–H and O–H groups in total. The Morgan fingerprint density at radius 2 is 1.43 bits per heavy atom. The minimum absolute atomic E-state index is 0. The average molecular weight is 918 g/mol. The van der Waals surface area contributed by atoms with Crippen molar-refractivity contribution in [2.45, 2.75) is 165 Å². The number of likely N-dealkylation sites (N-methyl/N-ethyl adjacent to an activating group) is 2. The van der Waals surface area contributed by atoms with Gasteiger partial charge in [0.1, 0.15) is 5.82 Å². The van der Waals surface area contributed by atoms with Crippen LogP contribution >= 0.6 is 0 Å². The summed E-state index contributed by atoms with van der Waals surface area (Å²) in [6, 6.07) is 8.35. The SMILES string of the molecule is C#C.C=C(C)CCCC(C)CC.C=C(N[C@H](C(=C)N)[C@@H](C)CC(=C)C(Cc1ccc(C)cc1)N(C)C(=C)N(CCCC)C(=C)C([NH-])CC(C)C)C(C)N(C)C.C[CH-]C(C)C.[Y]. The van der Waals surface area contributed by atoms with E-state index < -0.39 is 0 Å². The van der Waals surface area contributed by atoms with E-state index in [0.29, 0.717) is 11.6 Å². The third-order valence-electron chi connectivity index (χ3n) is 11.2. The molecule has 0 aliphatic carbocycles. The van der Waals surface area contributed by atoms with Gasteiger partial charge >= 0.3 is 0 Å². The number of allylic oxidation sites excluding steroid dienone is 1. The van der Waals surface area contributed by atoms with E-state index >= 15 is 0 Å². The van der Waals surface area contributed by atoms with Crippen LogP contribution in [0.1, 0.15) is 139 Å². The van der Waals surface area contributed by atoms with Crippen molar-refractivity contribution < 1.29 is 32.7 Å². The topological polar surface area (TPSA) is 71.6 Å². The summed E-state index contributed by atoms with van der Waals surface area (Å²) in [6.07, 6.45) is 19.7. The number of terminal acetylenes is 1. The molecule has 0 heterocycles. The van der Waals surface area contributed by atoms with Crippen LogP contribution in [0.25, 0.3) is 5.73 Å². The molecule has 0 amide bonds. The molecule has 1 rings (SSSR count). The zero-order valence-electron chi connectivity index (χ0n) is 42.5. The molecular formula is C54H96N6Y-2. The molecule has 0 aliphatic heterocycles. The summed E-state index contributed by atoms with van der Waals surface area (Å²) in [5.41, 5.74) is 22.4. The van der Waals surface area contributed by atoms with Gasteiger partial charge in [-0.15, -0.1) is 19.4 Å². The van der Waals surface area contributed by atoms with Gasteiger partial charge in [-0.25, -0.2) is 0 Å². The molecule has 0 bridgehead atoms. The molecule has 0 fully saturated rings. The quantitative estimate of drug-likeness (QED) is 0.0523. The van der Waals surface area contributed by atoms with Gasteiger partial charge in [-0.1, -0.05) is 161 Å². The van der Waals surface area contributed by atoms with Gasteiger partial charge in [0.05, 0.1) is 12.1 Å². The van der Waals surface area contributed by atoms with Crippen LogP contribution in [0.5, 0.6) is 0 Å². The second-order valence-corrected chi connectivity index (χ2v) is 18.1. The molecule has 7 heteroatoms. The first-order valence-corrected chi connectivity index (χ1v) is 22.6. The van der Waals surface area contributed by atoms with Crippen LogP contribution in [0.4, 0.5) is 0 Å². The molecule has 61 heavy (non-hydrogen) atoms. The molecule has 0 spiro atoms. The number of nitrogens with two attached hydrogens (primary N) is 1. The predicted molar refractivity (Wildman–Crippen MR) is 272 cm³/mol. The molecule has 4 unspecified atom stereocenters. The van der Waals surface area contributed by atoms with Crippen LogP contribution in [0.3, 0.4) is 0 Å². The Balaban J connectivity index is -0.000000756. The second kappa shape index (κ2) is 36.9. The van der Waals surface area contributed by atoms with E-state index in [1.54, 1.807) is 0 Å².